The highest BCUT2D eigenvalue weighted by atomic mass is 32.3. The van der Waals surface area contributed by atoms with Crippen molar-refractivity contribution >= 4 is 16.4 Å². The maximum atomic E-state index is 12.9. The number of allylic oxidation sites excluding steroid dienone is 16. The van der Waals surface area contributed by atoms with E-state index in [1.165, 1.54) is 77.0 Å². The molecule has 6 unspecified atom stereocenters. The first kappa shape index (κ1) is 65.0. The quantitative estimate of drug-likeness (QED) is 0.0197. The Morgan fingerprint density at radius 1 is 0.557 bits per heavy atom. The summed E-state index contributed by atoms with van der Waals surface area (Å²) < 4.78 is 59.3. The molecule has 1 rings (SSSR count). The number of rotatable bonds is 46. The molecule has 1 saturated heterocycles. The minimum atomic E-state index is -5.08. The lowest BCUT2D eigenvalue weighted by molar-refractivity contribution is -0.301. The Labute approximate surface area is 425 Å². The molecule has 0 spiro atoms. The Bertz CT molecular complexity index is 1580. The molecule has 6 atom stereocenters. The highest BCUT2D eigenvalue weighted by Crippen LogP contribution is 2.26. The molecule has 402 valence electrons. The van der Waals surface area contributed by atoms with Crippen molar-refractivity contribution < 1.29 is 56.2 Å². The number of unbranched alkanes of at least 4 members (excludes halogenated alkanes) is 17. The third-order valence-corrected chi connectivity index (χ3v) is 12.2. The minimum absolute atomic E-state index is 0.0173. The maximum Gasteiger partial charge on any atom is 0.397 e. The van der Waals surface area contributed by atoms with Crippen molar-refractivity contribution in [2.75, 3.05) is 26.4 Å². The molecule has 1 aliphatic rings. The topological polar surface area (TPSA) is 178 Å². The van der Waals surface area contributed by atoms with Crippen molar-refractivity contribution in [3.63, 3.8) is 0 Å². The summed E-state index contributed by atoms with van der Waals surface area (Å²) in [6, 6.07) is 0. The van der Waals surface area contributed by atoms with Crippen LogP contribution in [0.4, 0.5) is 0 Å². The van der Waals surface area contributed by atoms with Crippen molar-refractivity contribution in [3.8, 4) is 0 Å². The number of carbonyl (C=O) groups excluding carboxylic acids is 1. The van der Waals surface area contributed by atoms with Crippen LogP contribution in [0.5, 0.6) is 0 Å². The van der Waals surface area contributed by atoms with Gasteiger partial charge in [0.2, 0.25) is 0 Å². The van der Waals surface area contributed by atoms with E-state index in [0.717, 1.165) is 89.9 Å². The molecule has 1 heterocycles. The van der Waals surface area contributed by atoms with Gasteiger partial charge in [-0.05, 0) is 96.3 Å². The third-order valence-electron chi connectivity index (χ3n) is 11.7. The standard InChI is InChI=1S/C57H96O12S/c1-3-5-7-9-11-13-15-17-19-21-23-25-26-27-28-30-32-34-36-38-40-42-44-46-53(59)67-51(50-66-57-55(61)56(69-70(62,63)64)54(60)52(48-58)68-57)49-65-47-45-43-41-39-37-35-33-31-29-24-22-20-18-16-14-12-10-8-6-4-2/h5,7,11-14,17-20,23,25,27-28,32,34,51-52,54-58,60-61H,3-4,6,8-10,15-16,21-22,24,26,29-31,33,35-50H2,1-2H3,(H,62,63,64)/b7-5-,13-11-,14-12-,19-17-,20-18-,25-23-,28-27-,34-32-. The molecule has 0 amide bonds. The lowest BCUT2D eigenvalue weighted by atomic mass is 9.99. The molecule has 4 N–H and O–H groups in total. The van der Waals surface area contributed by atoms with Crippen LogP contribution in [0.1, 0.15) is 194 Å². The maximum absolute atomic E-state index is 12.9. The SMILES string of the molecule is CC/C=C\C/C=C\C/C=C\C/C=C\C/C=C\C/C=C\CCCCCCC(=O)OC(COCCCCCCCCCCCC/C=C\C/C=C\CCCCC)COC1OC(CO)C(O)C(OS(=O)(=O)O)C1O. The first-order valence-electron chi connectivity index (χ1n) is 27.0. The molecule has 0 saturated carbocycles. The van der Waals surface area contributed by atoms with Gasteiger partial charge in [-0.15, -0.1) is 0 Å². The number of hydrogen-bond donors (Lipinski definition) is 4. The molecule has 0 aliphatic carbocycles. The summed E-state index contributed by atoms with van der Waals surface area (Å²) in [5, 5.41) is 30.8. The van der Waals surface area contributed by atoms with Crippen LogP contribution >= 0.6 is 0 Å². The van der Waals surface area contributed by atoms with Crippen molar-refractivity contribution in [2.45, 2.75) is 230 Å². The average Bonchev–Trinajstić information content (AvgIpc) is 3.34. The smallest absolute Gasteiger partial charge is 0.397 e. The van der Waals surface area contributed by atoms with Gasteiger partial charge < -0.3 is 34.3 Å². The number of aliphatic hydroxyl groups is 3. The molecule has 1 fully saturated rings. The van der Waals surface area contributed by atoms with Gasteiger partial charge in [0, 0.05) is 13.0 Å². The highest BCUT2D eigenvalue weighted by Gasteiger charge is 2.48. The van der Waals surface area contributed by atoms with Crippen LogP contribution in [0.25, 0.3) is 0 Å². The van der Waals surface area contributed by atoms with Gasteiger partial charge in [-0.2, -0.15) is 8.42 Å². The average molecular weight is 1010 g/mol. The van der Waals surface area contributed by atoms with E-state index in [1.807, 2.05) is 0 Å². The van der Waals surface area contributed by atoms with Gasteiger partial charge in [0.1, 0.15) is 30.5 Å². The Morgan fingerprint density at radius 3 is 1.44 bits per heavy atom. The van der Waals surface area contributed by atoms with E-state index in [9.17, 15) is 33.1 Å². The lowest BCUT2D eigenvalue weighted by Gasteiger charge is -2.41. The van der Waals surface area contributed by atoms with Gasteiger partial charge in [0.05, 0.1) is 19.8 Å². The zero-order valence-electron chi connectivity index (χ0n) is 43.3. The molecular formula is C57H96O12S. The van der Waals surface area contributed by atoms with Crippen LogP contribution in [0.15, 0.2) is 97.2 Å². The van der Waals surface area contributed by atoms with E-state index in [2.05, 4.69) is 115 Å². The van der Waals surface area contributed by atoms with Crippen LogP contribution in [0, 0.1) is 0 Å². The second-order valence-electron chi connectivity index (χ2n) is 18.1. The summed E-state index contributed by atoms with van der Waals surface area (Å²) in [4.78, 5) is 12.9. The molecular weight excluding hydrogens is 909 g/mol. The Hall–Kier alpha value is -2.98. The predicted octanol–water partition coefficient (Wildman–Crippen LogP) is 13.0. The molecule has 70 heavy (non-hydrogen) atoms. The summed E-state index contributed by atoms with van der Waals surface area (Å²) in [6.07, 6.45) is 55.7. The van der Waals surface area contributed by atoms with Crippen molar-refractivity contribution in [1.82, 2.24) is 0 Å². The molecule has 0 aromatic carbocycles. The van der Waals surface area contributed by atoms with Crippen LogP contribution < -0.4 is 0 Å². The van der Waals surface area contributed by atoms with Gasteiger partial charge in [-0.25, -0.2) is 4.18 Å². The van der Waals surface area contributed by atoms with E-state index < -0.39 is 59.8 Å². The normalized spacial score (nSPS) is 19.9. The highest BCUT2D eigenvalue weighted by molar-refractivity contribution is 7.80. The number of esters is 1. The lowest BCUT2D eigenvalue weighted by Crippen LogP contribution is -2.60. The molecule has 1 aliphatic heterocycles. The number of carbonyl (C=O) groups is 1. The van der Waals surface area contributed by atoms with Crippen molar-refractivity contribution in [1.29, 1.82) is 0 Å². The predicted molar refractivity (Wildman–Crippen MR) is 285 cm³/mol. The largest absolute Gasteiger partial charge is 0.457 e. The fourth-order valence-corrected chi connectivity index (χ4v) is 8.16. The van der Waals surface area contributed by atoms with Crippen LogP contribution in [0.3, 0.4) is 0 Å². The number of ether oxygens (including phenoxy) is 4. The molecule has 0 bridgehead atoms. The minimum Gasteiger partial charge on any atom is -0.457 e. The number of hydrogen-bond acceptors (Lipinski definition) is 11. The van der Waals surface area contributed by atoms with Gasteiger partial charge in [0.25, 0.3) is 0 Å². The van der Waals surface area contributed by atoms with Crippen molar-refractivity contribution in [2.24, 2.45) is 0 Å². The fraction of sp³-hybridized carbons (Fsp3) is 0.702. The van der Waals surface area contributed by atoms with Crippen molar-refractivity contribution in [3.05, 3.63) is 97.2 Å². The Morgan fingerprint density at radius 2 is 0.986 bits per heavy atom. The summed E-state index contributed by atoms with van der Waals surface area (Å²) in [7, 11) is -5.08. The molecule has 13 heteroatoms. The van der Waals surface area contributed by atoms with Crippen LogP contribution in [0.2, 0.25) is 0 Å². The van der Waals surface area contributed by atoms with Gasteiger partial charge >= 0.3 is 16.4 Å². The Kier molecular flexibility index (Phi) is 43.7. The van der Waals surface area contributed by atoms with E-state index in [1.54, 1.807) is 0 Å². The summed E-state index contributed by atoms with van der Waals surface area (Å²) in [5.74, 6) is -0.427. The monoisotopic (exact) mass is 1000 g/mol. The molecule has 0 aromatic heterocycles. The summed E-state index contributed by atoms with van der Waals surface area (Å²) in [6.45, 7) is 3.81. The van der Waals surface area contributed by atoms with Crippen LogP contribution in [-0.4, -0.2) is 97.5 Å². The van der Waals surface area contributed by atoms with E-state index in [-0.39, 0.29) is 19.6 Å². The van der Waals surface area contributed by atoms with Crippen LogP contribution in [-0.2, 0) is 38.3 Å². The first-order chi connectivity index (χ1) is 34.1. The Balaban J connectivity index is 2.38. The van der Waals surface area contributed by atoms with E-state index in [0.29, 0.717) is 13.0 Å². The summed E-state index contributed by atoms with van der Waals surface area (Å²) >= 11 is 0. The van der Waals surface area contributed by atoms with Gasteiger partial charge in [0.15, 0.2) is 6.29 Å². The van der Waals surface area contributed by atoms with E-state index >= 15 is 0 Å². The molecule has 12 nitrogen and oxygen atoms in total. The zero-order valence-corrected chi connectivity index (χ0v) is 44.1. The second kappa shape index (κ2) is 47.1. The number of aliphatic hydroxyl groups excluding tert-OH is 3. The zero-order chi connectivity index (χ0) is 51.0. The van der Waals surface area contributed by atoms with Gasteiger partial charge in [-0.3, -0.25) is 9.35 Å². The van der Waals surface area contributed by atoms with E-state index in [4.69, 9.17) is 18.9 Å². The summed E-state index contributed by atoms with van der Waals surface area (Å²) in [5.41, 5.74) is 0. The fourth-order valence-electron chi connectivity index (χ4n) is 7.65. The molecule has 0 radical (unpaired) electrons. The second-order valence-corrected chi connectivity index (χ2v) is 19.1. The first-order valence-corrected chi connectivity index (χ1v) is 28.4. The molecule has 0 aromatic rings. The third kappa shape index (κ3) is 39.6. The van der Waals surface area contributed by atoms with Gasteiger partial charge in [-0.1, -0.05) is 188 Å².